The van der Waals surface area contributed by atoms with E-state index in [1.807, 2.05) is 0 Å². The summed E-state index contributed by atoms with van der Waals surface area (Å²) in [5.74, 6) is -0.983. The number of carbonyl (C=O) groups excluding carboxylic acids is 1. The Bertz CT molecular complexity index is 216. The van der Waals surface area contributed by atoms with Gasteiger partial charge in [-0.3, -0.25) is 9.59 Å². The van der Waals surface area contributed by atoms with Crippen molar-refractivity contribution in [2.45, 2.75) is 6.42 Å². The second-order valence-corrected chi connectivity index (χ2v) is 4.09. The van der Waals surface area contributed by atoms with Crippen LogP contribution in [0.2, 0.25) is 0 Å². The Morgan fingerprint density at radius 2 is 2.15 bits per heavy atom. The lowest BCUT2D eigenvalue weighted by atomic mass is 9.91. The summed E-state index contributed by atoms with van der Waals surface area (Å²) < 4.78 is 4.56. The molecule has 1 fully saturated rings. The molecule has 1 heterocycles. The van der Waals surface area contributed by atoms with Gasteiger partial charge in [0.15, 0.2) is 0 Å². The Morgan fingerprint density at radius 3 is 2.69 bits per heavy atom. The van der Waals surface area contributed by atoms with Gasteiger partial charge in [-0.05, 0) is 12.2 Å². The Balaban J connectivity index is 2.67. The molecule has 0 aromatic rings. The van der Waals surface area contributed by atoms with E-state index in [4.69, 9.17) is 5.11 Å². The number of rotatable bonds is 2. The van der Waals surface area contributed by atoms with Gasteiger partial charge in [0.2, 0.25) is 0 Å². The van der Waals surface area contributed by atoms with Crippen LogP contribution in [0.5, 0.6) is 0 Å². The van der Waals surface area contributed by atoms with Crippen LogP contribution >= 0.6 is 11.8 Å². The number of hydrogen-bond acceptors (Lipinski definition) is 4. The molecule has 0 aromatic carbocycles. The Morgan fingerprint density at radius 1 is 1.46 bits per heavy atom. The van der Waals surface area contributed by atoms with Gasteiger partial charge in [0.05, 0.1) is 18.9 Å². The number of aliphatic carboxylic acids is 1. The van der Waals surface area contributed by atoms with Crippen molar-refractivity contribution in [3.05, 3.63) is 0 Å². The van der Waals surface area contributed by atoms with Crippen LogP contribution < -0.4 is 0 Å². The third kappa shape index (κ3) is 2.37. The first kappa shape index (κ1) is 10.4. The van der Waals surface area contributed by atoms with Crippen molar-refractivity contribution in [3.8, 4) is 0 Å². The monoisotopic (exact) mass is 204 g/mol. The molecule has 4 nitrogen and oxygen atoms in total. The first-order valence-electron chi connectivity index (χ1n) is 4.05. The van der Waals surface area contributed by atoms with Gasteiger partial charge in [0.25, 0.3) is 0 Å². The summed E-state index contributed by atoms with van der Waals surface area (Å²) in [7, 11) is 1.29. The van der Waals surface area contributed by atoms with E-state index in [1.165, 1.54) is 7.11 Å². The molecule has 1 rings (SSSR count). The van der Waals surface area contributed by atoms with Crippen LogP contribution in [0.4, 0.5) is 0 Å². The molecule has 1 aliphatic rings. The highest BCUT2D eigenvalue weighted by Gasteiger charge is 2.36. The number of carboxylic acids is 1. The number of methoxy groups -OCH3 is 1. The van der Waals surface area contributed by atoms with Crippen molar-refractivity contribution in [2.24, 2.45) is 11.8 Å². The van der Waals surface area contributed by atoms with Gasteiger partial charge in [-0.2, -0.15) is 11.8 Å². The molecule has 1 saturated heterocycles. The van der Waals surface area contributed by atoms with Gasteiger partial charge in [0, 0.05) is 5.75 Å². The predicted molar refractivity (Wildman–Crippen MR) is 48.6 cm³/mol. The molecule has 2 unspecified atom stereocenters. The summed E-state index contributed by atoms with van der Waals surface area (Å²) >= 11 is 1.57. The number of hydrogen-bond donors (Lipinski definition) is 1. The third-order valence-corrected chi connectivity index (χ3v) is 3.30. The summed E-state index contributed by atoms with van der Waals surface area (Å²) in [5.41, 5.74) is 0. The molecule has 0 aliphatic carbocycles. The first-order valence-corrected chi connectivity index (χ1v) is 5.20. The fraction of sp³-hybridized carbons (Fsp3) is 0.750. The second kappa shape index (κ2) is 4.50. The van der Waals surface area contributed by atoms with Gasteiger partial charge >= 0.3 is 11.9 Å². The zero-order valence-electron chi connectivity index (χ0n) is 7.36. The Labute approximate surface area is 80.6 Å². The smallest absolute Gasteiger partial charge is 0.309 e. The molecule has 1 N–H and O–H groups in total. The van der Waals surface area contributed by atoms with E-state index in [0.29, 0.717) is 12.2 Å². The molecular weight excluding hydrogens is 192 g/mol. The summed E-state index contributed by atoms with van der Waals surface area (Å²) in [6.45, 7) is 0. The minimum absolute atomic E-state index is 0.396. The lowest BCUT2D eigenvalue weighted by molar-refractivity contribution is -0.155. The van der Waals surface area contributed by atoms with Crippen LogP contribution in [0, 0.1) is 11.8 Å². The molecule has 2 atom stereocenters. The third-order valence-electron chi connectivity index (χ3n) is 2.18. The van der Waals surface area contributed by atoms with Crippen molar-refractivity contribution in [3.63, 3.8) is 0 Å². The normalized spacial score (nSPS) is 28.1. The second-order valence-electron chi connectivity index (χ2n) is 2.94. The van der Waals surface area contributed by atoms with E-state index in [2.05, 4.69) is 4.74 Å². The predicted octanol–water partition coefficient (Wildman–Crippen LogP) is 0.613. The quantitative estimate of drug-likeness (QED) is 0.668. The number of thioether (sulfide) groups is 1. The zero-order chi connectivity index (χ0) is 9.84. The fourth-order valence-corrected chi connectivity index (χ4v) is 2.63. The van der Waals surface area contributed by atoms with Gasteiger partial charge in [0.1, 0.15) is 0 Å². The van der Waals surface area contributed by atoms with E-state index in [1.54, 1.807) is 11.8 Å². The molecule has 0 radical (unpaired) electrons. The number of esters is 1. The van der Waals surface area contributed by atoms with Crippen LogP contribution in [-0.2, 0) is 14.3 Å². The Hall–Kier alpha value is -0.710. The molecule has 74 valence electrons. The maximum absolute atomic E-state index is 11.2. The van der Waals surface area contributed by atoms with Crippen molar-refractivity contribution in [1.82, 2.24) is 0 Å². The summed E-state index contributed by atoms with van der Waals surface area (Å²) in [4.78, 5) is 22.0. The highest BCUT2D eigenvalue weighted by molar-refractivity contribution is 7.99. The number of carboxylic acid groups (broad SMARTS) is 1. The van der Waals surface area contributed by atoms with Crippen molar-refractivity contribution >= 4 is 23.7 Å². The molecule has 0 amide bonds. The van der Waals surface area contributed by atoms with Gasteiger partial charge in [-0.15, -0.1) is 0 Å². The Kier molecular flexibility index (Phi) is 3.59. The molecule has 0 saturated carbocycles. The van der Waals surface area contributed by atoms with Crippen LogP contribution in [0.3, 0.4) is 0 Å². The van der Waals surface area contributed by atoms with Crippen LogP contribution in [0.25, 0.3) is 0 Å². The topological polar surface area (TPSA) is 63.6 Å². The lowest BCUT2D eigenvalue weighted by Gasteiger charge is -2.25. The largest absolute Gasteiger partial charge is 0.481 e. The lowest BCUT2D eigenvalue weighted by Crippen LogP contribution is -2.35. The molecular formula is C8H12O4S. The van der Waals surface area contributed by atoms with E-state index >= 15 is 0 Å². The summed E-state index contributed by atoms with van der Waals surface area (Å²) in [5, 5.41) is 8.83. The summed E-state index contributed by atoms with van der Waals surface area (Å²) in [6.07, 6.45) is 0.605. The van der Waals surface area contributed by atoms with Crippen LogP contribution in [-0.4, -0.2) is 35.7 Å². The maximum atomic E-state index is 11.2. The molecule has 0 spiro atoms. The van der Waals surface area contributed by atoms with Crippen LogP contribution in [0.1, 0.15) is 6.42 Å². The van der Waals surface area contributed by atoms with E-state index < -0.39 is 23.8 Å². The number of ether oxygens (including phenoxy) is 1. The van der Waals surface area contributed by atoms with E-state index in [0.717, 1.165) is 5.75 Å². The minimum Gasteiger partial charge on any atom is -0.481 e. The standard InChI is InChI=1S/C8H12O4S/c1-12-8(11)5-2-3-13-4-6(5)7(9)10/h5-6H,2-4H2,1H3,(H,9,10). The van der Waals surface area contributed by atoms with Crippen molar-refractivity contribution in [2.75, 3.05) is 18.6 Å². The molecule has 13 heavy (non-hydrogen) atoms. The minimum atomic E-state index is -0.900. The SMILES string of the molecule is COC(=O)C1CCSCC1C(=O)O. The highest BCUT2D eigenvalue weighted by atomic mass is 32.2. The van der Waals surface area contributed by atoms with E-state index in [9.17, 15) is 9.59 Å². The average molecular weight is 204 g/mol. The van der Waals surface area contributed by atoms with Crippen LogP contribution in [0.15, 0.2) is 0 Å². The fourth-order valence-electron chi connectivity index (χ4n) is 1.41. The van der Waals surface area contributed by atoms with Gasteiger partial charge in [-0.25, -0.2) is 0 Å². The number of carbonyl (C=O) groups is 2. The van der Waals surface area contributed by atoms with Gasteiger partial charge < -0.3 is 9.84 Å². The molecule has 1 aliphatic heterocycles. The van der Waals surface area contributed by atoms with E-state index in [-0.39, 0.29) is 0 Å². The van der Waals surface area contributed by atoms with Crippen molar-refractivity contribution < 1.29 is 19.4 Å². The maximum Gasteiger partial charge on any atom is 0.309 e. The molecule has 5 heteroatoms. The highest BCUT2D eigenvalue weighted by Crippen LogP contribution is 2.29. The average Bonchev–Trinajstić information content (AvgIpc) is 2.16. The van der Waals surface area contributed by atoms with Gasteiger partial charge in [-0.1, -0.05) is 0 Å². The molecule has 0 aromatic heterocycles. The zero-order valence-corrected chi connectivity index (χ0v) is 8.17. The first-order chi connectivity index (χ1) is 6.16. The summed E-state index contributed by atoms with van der Waals surface area (Å²) in [6, 6.07) is 0. The molecule has 0 bridgehead atoms. The van der Waals surface area contributed by atoms with Crippen molar-refractivity contribution in [1.29, 1.82) is 0 Å².